The highest BCUT2D eigenvalue weighted by atomic mass is 79.9. The van der Waals surface area contributed by atoms with Gasteiger partial charge in [-0.15, -0.1) is 0 Å². The summed E-state index contributed by atoms with van der Waals surface area (Å²) in [7, 11) is 0. The molecule has 2 N–H and O–H groups in total. The molecule has 110 valence electrons. The van der Waals surface area contributed by atoms with Crippen molar-refractivity contribution >= 4 is 39.1 Å². The first-order valence-corrected chi connectivity index (χ1v) is 8.02. The van der Waals surface area contributed by atoms with E-state index >= 15 is 0 Å². The lowest BCUT2D eigenvalue weighted by Crippen LogP contribution is -2.42. The molecule has 1 saturated heterocycles. The second-order valence-electron chi connectivity index (χ2n) is 5.77. The zero-order valence-corrected chi connectivity index (χ0v) is 14.4. The van der Waals surface area contributed by atoms with Crippen molar-refractivity contribution in [3.63, 3.8) is 0 Å². The van der Waals surface area contributed by atoms with E-state index in [9.17, 15) is 4.79 Å². The second kappa shape index (κ2) is 6.04. The van der Waals surface area contributed by atoms with Crippen LogP contribution in [0.3, 0.4) is 0 Å². The van der Waals surface area contributed by atoms with Gasteiger partial charge in [-0.1, -0.05) is 25.4 Å². The summed E-state index contributed by atoms with van der Waals surface area (Å²) in [5.74, 6) is 0.357. The van der Waals surface area contributed by atoms with Gasteiger partial charge in [-0.05, 0) is 59.4 Å². The Labute approximate surface area is 133 Å². The number of carbonyl (C=O) groups is 1. The number of amides is 1. The third-order valence-electron chi connectivity index (χ3n) is 4.24. The third kappa shape index (κ3) is 2.87. The maximum Gasteiger partial charge on any atom is 0.232 e. The number of benzene rings is 1. The van der Waals surface area contributed by atoms with E-state index in [1.807, 2.05) is 13.0 Å². The fraction of sp³-hybridized carbons (Fsp3) is 0.533. The maximum atomic E-state index is 12.7. The van der Waals surface area contributed by atoms with Crippen LogP contribution in [0.25, 0.3) is 0 Å². The van der Waals surface area contributed by atoms with Crippen molar-refractivity contribution in [2.45, 2.75) is 27.2 Å². The van der Waals surface area contributed by atoms with Gasteiger partial charge in [0.05, 0.1) is 11.1 Å². The molecule has 1 aromatic rings. The Morgan fingerprint density at radius 1 is 1.50 bits per heavy atom. The van der Waals surface area contributed by atoms with Crippen LogP contribution in [0, 0.1) is 18.3 Å². The van der Waals surface area contributed by atoms with E-state index < -0.39 is 0 Å². The number of hydrogen-bond acceptors (Lipinski definition) is 2. The van der Waals surface area contributed by atoms with Crippen LogP contribution in [0.4, 0.5) is 5.69 Å². The van der Waals surface area contributed by atoms with Crippen LogP contribution in [0.15, 0.2) is 16.6 Å². The zero-order valence-electron chi connectivity index (χ0n) is 12.0. The first-order chi connectivity index (χ1) is 9.36. The Hall–Kier alpha value is -0.580. The maximum absolute atomic E-state index is 12.7. The van der Waals surface area contributed by atoms with E-state index in [-0.39, 0.29) is 17.2 Å². The van der Waals surface area contributed by atoms with Crippen LogP contribution in [0.2, 0.25) is 5.02 Å². The van der Waals surface area contributed by atoms with Crippen molar-refractivity contribution in [3.8, 4) is 0 Å². The van der Waals surface area contributed by atoms with Gasteiger partial charge in [-0.3, -0.25) is 4.79 Å². The molecule has 0 aliphatic carbocycles. The highest BCUT2D eigenvalue weighted by Crippen LogP contribution is 2.37. The Morgan fingerprint density at radius 2 is 2.20 bits per heavy atom. The fourth-order valence-corrected chi connectivity index (χ4v) is 3.37. The van der Waals surface area contributed by atoms with Crippen molar-refractivity contribution in [2.75, 3.05) is 18.4 Å². The van der Waals surface area contributed by atoms with Crippen molar-refractivity contribution in [2.24, 2.45) is 11.3 Å². The van der Waals surface area contributed by atoms with E-state index in [0.717, 1.165) is 35.2 Å². The number of carbonyl (C=O) groups excluding carboxylic acids is 1. The van der Waals surface area contributed by atoms with E-state index in [1.54, 1.807) is 6.07 Å². The van der Waals surface area contributed by atoms with Crippen LogP contribution in [0.1, 0.15) is 25.8 Å². The van der Waals surface area contributed by atoms with Gasteiger partial charge in [-0.25, -0.2) is 0 Å². The molecule has 1 aliphatic rings. The summed E-state index contributed by atoms with van der Waals surface area (Å²) in [5.41, 5.74) is 1.38. The average molecular weight is 360 g/mol. The van der Waals surface area contributed by atoms with Crippen LogP contribution < -0.4 is 10.6 Å². The molecule has 1 aromatic carbocycles. The largest absolute Gasteiger partial charge is 0.324 e. The van der Waals surface area contributed by atoms with E-state index in [4.69, 9.17) is 11.6 Å². The molecule has 0 spiro atoms. The third-order valence-corrected chi connectivity index (χ3v) is 5.31. The number of halogens is 2. The molecular weight excluding hydrogens is 340 g/mol. The van der Waals surface area contributed by atoms with Gasteiger partial charge < -0.3 is 10.6 Å². The molecule has 20 heavy (non-hydrogen) atoms. The van der Waals surface area contributed by atoms with Gasteiger partial charge in [-0.2, -0.15) is 0 Å². The van der Waals surface area contributed by atoms with Crippen LogP contribution >= 0.6 is 27.5 Å². The van der Waals surface area contributed by atoms with Gasteiger partial charge in [0.25, 0.3) is 0 Å². The van der Waals surface area contributed by atoms with Gasteiger partial charge in [0.1, 0.15) is 0 Å². The molecule has 5 heteroatoms. The molecule has 1 unspecified atom stereocenters. The molecule has 1 amide bonds. The van der Waals surface area contributed by atoms with E-state index in [2.05, 4.69) is 40.4 Å². The van der Waals surface area contributed by atoms with Crippen molar-refractivity contribution < 1.29 is 4.79 Å². The summed E-state index contributed by atoms with van der Waals surface area (Å²) >= 11 is 9.63. The zero-order chi connectivity index (χ0) is 14.9. The molecule has 1 heterocycles. The molecule has 1 atom stereocenters. The summed E-state index contributed by atoms with van der Waals surface area (Å²) in [6.45, 7) is 7.76. The Morgan fingerprint density at radius 3 is 2.75 bits per heavy atom. The average Bonchev–Trinajstić information content (AvgIpc) is 2.86. The molecule has 3 nitrogen and oxygen atoms in total. The summed E-state index contributed by atoms with van der Waals surface area (Å²) in [6, 6.07) is 3.72. The lowest BCUT2D eigenvalue weighted by atomic mass is 9.75. The van der Waals surface area contributed by atoms with E-state index in [0.29, 0.717) is 5.02 Å². The smallest absolute Gasteiger partial charge is 0.232 e. The molecule has 0 aromatic heterocycles. The van der Waals surface area contributed by atoms with Crippen molar-refractivity contribution in [1.82, 2.24) is 5.32 Å². The summed E-state index contributed by atoms with van der Waals surface area (Å²) in [6.07, 6.45) is 0.869. The molecule has 0 bridgehead atoms. The molecule has 0 saturated carbocycles. The Balaban J connectivity index is 2.25. The molecule has 1 fully saturated rings. The quantitative estimate of drug-likeness (QED) is 0.857. The van der Waals surface area contributed by atoms with Gasteiger partial charge in [0.15, 0.2) is 0 Å². The SMILES string of the molecule is Cc1cc(Br)c(NC(=O)C2(C(C)C)CCNC2)cc1Cl. The van der Waals surface area contributed by atoms with Crippen LogP contribution in [-0.4, -0.2) is 19.0 Å². The Bertz CT molecular complexity index is 525. The predicted octanol–water partition coefficient (Wildman–Crippen LogP) is 3.99. The minimum absolute atomic E-state index is 0.0677. The van der Waals surface area contributed by atoms with Crippen LogP contribution in [-0.2, 0) is 4.79 Å². The fourth-order valence-electron chi connectivity index (χ4n) is 2.65. The number of rotatable bonds is 3. The minimum atomic E-state index is -0.337. The first kappa shape index (κ1) is 15.8. The highest BCUT2D eigenvalue weighted by Gasteiger charge is 2.43. The first-order valence-electron chi connectivity index (χ1n) is 6.84. The van der Waals surface area contributed by atoms with Crippen molar-refractivity contribution in [1.29, 1.82) is 0 Å². The number of nitrogens with one attached hydrogen (secondary N) is 2. The normalized spacial score (nSPS) is 22.3. The molecule has 1 aliphatic heterocycles. The number of anilines is 1. The summed E-state index contributed by atoms with van der Waals surface area (Å²) in [5, 5.41) is 6.99. The molecule has 0 radical (unpaired) electrons. The lowest BCUT2D eigenvalue weighted by Gasteiger charge is -2.31. The van der Waals surface area contributed by atoms with Gasteiger partial charge in [0.2, 0.25) is 5.91 Å². The predicted molar refractivity (Wildman–Crippen MR) is 87.3 cm³/mol. The lowest BCUT2D eigenvalue weighted by molar-refractivity contribution is -0.126. The van der Waals surface area contributed by atoms with E-state index in [1.165, 1.54) is 0 Å². The molecule has 2 rings (SSSR count). The second-order valence-corrected chi connectivity index (χ2v) is 7.03. The molecular formula is C15H20BrClN2O. The standard InChI is InChI=1S/C15H20BrClN2O/c1-9(2)15(4-5-18-8-15)14(20)19-13-7-12(17)10(3)6-11(13)16/h6-7,9,18H,4-5,8H2,1-3H3,(H,19,20). The number of aryl methyl sites for hydroxylation is 1. The van der Waals surface area contributed by atoms with Crippen molar-refractivity contribution in [3.05, 3.63) is 27.2 Å². The topological polar surface area (TPSA) is 41.1 Å². The number of hydrogen-bond donors (Lipinski definition) is 2. The Kier molecular flexibility index (Phi) is 4.77. The summed E-state index contributed by atoms with van der Waals surface area (Å²) in [4.78, 5) is 12.7. The summed E-state index contributed by atoms with van der Waals surface area (Å²) < 4.78 is 0.859. The van der Waals surface area contributed by atoms with Crippen LogP contribution in [0.5, 0.6) is 0 Å². The highest BCUT2D eigenvalue weighted by molar-refractivity contribution is 9.10. The van der Waals surface area contributed by atoms with Gasteiger partial charge in [0, 0.05) is 16.0 Å². The minimum Gasteiger partial charge on any atom is -0.324 e. The monoisotopic (exact) mass is 358 g/mol. The van der Waals surface area contributed by atoms with Gasteiger partial charge >= 0.3 is 0 Å².